The van der Waals surface area contributed by atoms with E-state index in [9.17, 15) is 9.59 Å². The van der Waals surface area contributed by atoms with Crippen LogP contribution in [0.5, 0.6) is 0 Å². The average Bonchev–Trinajstić information content (AvgIpc) is 2.36. The van der Waals surface area contributed by atoms with Gasteiger partial charge >= 0.3 is 0 Å². The molecule has 2 rings (SSSR count). The Labute approximate surface area is 98.2 Å². The molecule has 0 bridgehead atoms. The zero-order chi connectivity index (χ0) is 12.3. The zero-order valence-corrected chi connectivity index (χ0v) is 9.30. The van der Waals surface area contributed by atoms with Gasteiger partial charge in [-0.15, -0.1) is 5.11 Å². The molecule has 1 aliphatic rings. The van der Waals surface area contributed by atoms with Crippen molar-refractivity contribution in [1.29, 1.82) is 0 Å². The van der Waals surface area contributed by atoms with Crippen LogP contribution in [0.3, 0.4) is 0 Å². The third kappa shape index (κ3) is 2.44. The van der Waals surface area contributed by atoms with Gasteiger partial charge < -0.3 is 5.32 Å². The molecular formula is C12H11N3O2. The van der Waals surface area contributed by atoms with Crippen LogP contribution < -0.4 is 5.32 Å². The fourth-order valence-electron chi connectivity index (χ4n) is 1.42. The molecule has 5 nitrogen and oxygen atoms in total. The van der Waals surface area contributed by atoms with Gasteiger partial charge in [-0.3, -0.25) is 9.59 Å². The highest BCUT2D eigenvalue weighted by molar-refractivity contribution is 5.98. The van der Waals surface area contributed by atoms with Crippen LogP contribution in [-0.2, 0) is 4.79 Å². The Morgan fingerprint density at radius 3 is 2.71 bits per heavy atom. The number of azo groups is 1. The van der Waals surface area contributed by atoms with Gasteiger partial charge in [-0.05, 0) is 19.1 Å². The van der Waals surface area contributed by atoms with Gasteiger partial charge in [0.25, 0.3) is 11.8 Å². The van der Waals surface area contributed by atoms with Gasteiger partial charge in [0.15, 0.2) is 0 Å². The van der Waals surface area contributed by atoms with Crippen LogP contribution in [0.15, 0.2) is 51.8 Å². The van der Waals surface area contributed by atoms with Gasteiger partial charge in [0.05, 0.1) is 0 Å². The molecule has 0 aromatic heterocycles. The minimum absolute atomic E-state index is 0.232. The second-order valence-electron chi connectivity index (χ2n) is 3.63. The normalized spacial score (nSPS) is 15.0. The molecule has 1 aliphatic heterocycles. The number of hydrogen-bond donors (Lipinski definition) is 1. The van der Waals surface area contributed by atoms with E-state index in [1.165, 1.54) is 0 Å². The number of nitrogens with one attached hydrogen (secondary N) is 1. The second-order valence-corrected chi connectivity index (χ2v) is 3.63. The molecule has 86 valence electrons. The summed E-state index contributed by atoms with van der Waals surface area (Å²) < 4.78 is 0. The molecule has 1 aromatic rings. The summed E-state index contributed by atoms with van der Waals surface area (Å²) in [5.41, 5.74) is 1.49. The molecule has 0 fully saturated rings. The highest BCUT2D eigenvalue weighted by Gasteiger charge is 2.17. The highest BCUT2D eigenvalue weighted by atomic mass is 16.2. The van der Waals surface area contributed by atoms with Crippen molar-refractivity contribution in [1.82, 2.24) is 5.32 Å². The summed E-state index contributed by atoms with van der Waals surface area (Å²) in [5, 5.41) is 9.74. The Kier molecular flexibility index (Phi) is 3.09. The van der Waals surface area contributed by atoms with E-state index in [0.717, 1.165) is 0 Å². The Morgan fingerprint density at radius 1 is 1.29 bits per heavy atom. The van der Waals surface area contributed by atoms with Crippen LogP contribution in [0.4, 0.5) is 0 Å². The number of hydrogen-bond acceptors (Lipinski definition) is 3. The van der Waals surface area contributed by atoms with E-state index in [2.05, 4.69) is 15.5 Å². The number of benzene rings is 1. The van der Waals surface area contributed by atoms with Crippen molar-refractivity contribution >= 4 is 11.8 Å². The first-order chi connectivity index (χ1) is 8.18. The Bertz CT molecular complexity index is 518. The number of nitrogens with zero attached hydrogens (tertiary/aromatic N) is 2. The molecule has 0 saturated carbocycles. The van der Waals surface area contributed by atoms with E-state index in [0.29, 0.717) is 16.8 Å². The maximum atomic E-state index is 11.8. The SMILES string of the molecule is CC1=C(NC(=O)c2ccccc2)CN=NC1=O. The van der Waals surface area contributed by atoms with Crippen molar-refractivity contribution in [3.8, 4) is 0 Å². The lowest BCUT2D eigenvalue weighted by Gasteiger charge is -2.12. The molecule has 0 unspecified atom stereocenters. The van der Waals surface area contributed by atoms with E-state index in [4.69, 9.17) is 0 Å². The van der Waals surface area contributed by atoms with Crippen molar-refractivity contribution in [3.05, 3.63) is 47.2 Å². The topological polar surface area (TPSA) is 70.9 Å². The monoisotopic (exact) mass is 229 g/mol. The molecule has 0 aliphatic carbocycles. The Hall–Kier alpha value is -2.30. The molecule has 1 aromatic carbocycles. The number of amides is 2. The first-order valence-corrected chi connectivity index (χ1v) is 5.16. The minimum atomic E-state index is -0.403. The number of carbonyl (C=O) groups excluding carboxylic acids is 2. The van der Waals surface area contributed by atoms with Crippen molar-refractivity contribution in [2.24, 2.45) is 10.2 Å². The predicted molar refractivity (Wildman–Crippen MR) is 61.3 cm³/mol. The highest BCUT2D eigenvalue weighted by Crippen LogP contribution is 2.11. The van der Waals surface area contributed by atoms with Crippen LogP contribution in [0.2, 0.25) is 0 Å². The largest absolute Gasteiger partial charge is 0.323 e. The molecule has 17 heavy (non-hydrogen) atoms. The summed E-state index contributed by atoms with van der Waals surface area (Å²) in [4.78, 5) is 23.1. The van der Waals surface area contributed by atoms with E-state index in [-0.39, 0.29) is 12.5 Å². The fraction of sp³-hybridized carbons (Fsp3) is 0.167. The predicted octanol–water partition coefficient (Wildman–Crippen LogP) is 1.68. The van der Waals surface area contributed by atoms with Crippen LogP contribution in [0.1, 0.15) is 17.3 Å². The van der Waals surface area contributed by atoms with Gasteiger partial charge in [-0.1, -0.05) is 18.2 Å². The third-order valence-corrected chi connectivity index (χ3v) is 2.46. The number of rotatable bonds is 2. The zero-order valence-electron chi connectivity index (χ0n) is 9.30. The summed E-state index contributed by atoms with van der Waals surface area (Å²) in [5.74, 6) is -0.649. The van der Waals surface area contributed by atoms with E-state index in [1.807, 2.05) is 6.07 Å². The minimum Gasteiger partial charge on any atom is -0.323 e. The van der Waals surface area contributed by atoms with Gasteiger partial charge in [0, 0.05) is 16.8 Å². The van der Waals surface area contributed by atoms with Crippen molar-refractivity contribution in [2.75, 3.05) is 6.54 Å². The lowest BCUT2D eigenvalue weighted by molar-refractivity contribution is -0.115. The van der Waals surface area contributed by atoms with Gasteiger partial charge in [0.2, 0.25) is 0 Å². The second kappa shape index (κ2) is 4.69. The van der Waals surface area contributed by atoms with Gasteiger partial charge in [-0.2, -0.15) is 5.11 Å². The third-order valence-electron chi connectivity index (χ3n) is 2.46. The fourth-order valence-corrected chi connectivity index (χ4v) is 1.42. The first-order valence-electron chi connectivity index (χ1n) is 5.16. The molecule has 5 heteroatoms. The summed E-state index contributed by atoms with van der Waals surface area (Å²) in [6.07, 6.45) is 0. The summed E-state index contributed by atoms with van der Waals surface area (Å²) in [6.45, 7) is 1.86. The smallest absolute Gasteiger partial charge is 0.292 e. The van der Waals surface area contributed by atoms with Crippen LogP contribution in [-0.4, -0.2) is 18.4 Å². The van der Waals surface area contributed by atoms with Crippen molar-refractivity contribution in [2.45, 2.75) is 6.92 Å². The lowest BCUT2D eigenvalue weighted by atomic mass is 10.1. The molecule has 0 radical (unpaired) electrons. The summed E-state index contributed by atoms with van der Waals surface area (Å²) in [6, 6.07) is 8.80. The average molecular weight is 229 g/mol. The molecule has 1 heterocycles. The van der Waals surface area contributed by atoms with E-state index < -0.39 is 5.91 Å². The van der Waals surface area contributed by atoms with Crippen molar-refractivity contribution in [3.63, 3.8) is 0 Å². The maximum absolute atomic E-state index is 11.8. The first kappa shape index (κ1) is 11.2. The summed E-state index contributed by atoms with van der Waals surface area (Å²) in [7, 11) is 0. The quantitative estimate of drug-likeness (QED) is 0.838. The Morgan fingerprint density at radius 2 is 2.00 bits per heavy atom. The number of carbonyl (C=O) groups is 2. The molecule has 2 amide bonds. The summed E-state index contributed by atoms with van der Waals surface area (Å²) >= 11 is 0. The molecule has 1 N–H and O–H groups in total. The van der Waals surface area contributed by atoms with E-state index >= 15 is 0 Å². The lowest BCUT2D eigenvalue weighted by Crippen LogP contribution is -2.27. The molecular weight excluding hydrogens is 218 g/mol. The van der Waals surface area contributed by atoms with Gasteiger partial charge in [0.1, 0.15) is 6.54 Å². The van der Waals surface area contributed by atoms with Crippen molar-refractivity contribution < 1.29 is 9.59 Å². The molecule has 0 spiro atoms. The Balaban J connectivity index is 2.15. The standard InChI is InChI=1S/C12H11N3O2/c1-8-10(7-13-15-11(8)16)14-12(17)9-5-3-2-4-6-9/h2-6H,7H2,1H3,(H,14,17). The van der Waals surface area contributed by atoms with Crippen LogP contribution >= 0.6 is 0 Å². The van der Waals surface area contributed by atoms with Gasteiger partial charge in [-0.25, -0.2) is 0 Å². The van der Waals surface area contributed by atoms with Crippen LogP contribution in [0, 0.1) is 0 Å². The van der Waals surface area contributed by atoms with Crippen LogP contribution in [0.25, 0.3) is 0 Å². The molecule has 0 saturated heterocycles. The maximum Gasteiger partial charge on any atom is 0.292 e. The molecule has 0 atom stereocenters. The van der Waals surface area contributed by atoms with E-state index in [1.54, 1.807) is 31.2 Å².